The Balaban J connectivity index is 2.91. The molecule has 10 nitrogen and oxygen atoms in total. The minimum atomic E-state index is -1.11. The van der Waals surface area contributed by atoms with Crippen LogP contribution < -0.4 is 14.8 Å². The Kier molecular flexibility index (Phi) is 14.4. The molecule has 1 aromatic rings. The number of hydrogen-bond donors (Lipinski definition) is 2. The van der Waals surface area contributed by atoms with Crippen LogP contribution >= 0.6 is 0 Å². The maximum Gasteiger partial charge on any atom is 0.508 e. The number of rotatable bonds is 16. The van der Waals surface area contributed by atoms with Crippen molar-refractivity contribution in [2.45, 2.75) is 86.3 Å². The number of benzene rings is 1. The summed E-state index contributed by atoms with van der Waals surface area (Å²) in [5.74, 6) is -1.55. The Hall–Kier alpha value is -3.14. The Morgan fingerprint density at radius 3 is 2.00 bits per heavy atom. The van der Waals surface area contributed by atoms with Crippen LogP contribution in [0, 0.1) is 17.8 Å². The Morgan fingerprint density at radius 1 is 0.895 bits per heavy atom. The molecule has 0 bridgehead atoms. The Morgan fingerprint density at radius 2 is 1.47 bits per heavy atom. The van der Waals surface area contributed by atoms with Gasteiger partial charge in [0, 0.05) is 19.4 Å². The molecule has 0 aliphatic heterocycles. The van der Waals surface area contributed by atoms with Gasteiger partial charge in [-0.1, -0.05) is 54.0 Å². The SMILES string of the molecule is CCC(C)COC(=O)OC(C)CN[C@@H](Cc1ccc(OC(=O)CC(C)C)c(OC(=O)CC(C)C)c1)C(=O)O. The number of ether oxygens (including phenoxy) is 4. The van der Waals surface area contributed by atoms with Crippen LogP contribution in [0.5, 0.6) is 11.5 Å². The summed E-state index contributed by atoms with van der Waals surface area (Å²) in [5.41, 5.74) is 0.544. The van der Waals surface area contributed by atoms with Gasteiger partial charge in [0.25, 0.3) is 0 Å². The Labute approximate surface area is 225 Å². The zero-order valence-electron chi connectivity index (χ0n) is 23.6. The van der Waals surface area contributed by atoms with Crippen molar-refractivity contribution >= 4 is 24.1 Å². The number of hydrogen-bond acceptors (Lipinski definition) is 9. The molecule has 2 N–H and O–H groups in total. The molecule has 0 fully saturated rings. The average Bonchev–Trinajstić information content (AvgIpc) is 2.80. The minimum Gasteiger partial charge on any atom is -0.480 e. The zero-order valence-corrected chi connectivity index (χ0v) is 23.6. The number of carboxylic acids is 1. The lowest BCUT2D eigenvalue weighted by Crippen LogP contribution is -2.42. The molecule has 1 aromatic carbocycles. The molecule has 38 heavy (non-hydrogen) atoms. The van der Waals surface area contributed by atoms with Crippen LogP contribution in [-0.2, 0) is 30.3 Å². The van der Waals surface area contributed by atoms with Crippen molar-refractivity contribution in [3.63, 3.8) is 0 Å². The summed E-state index contributed by atoms with van der Waals surface area (Å²) in [6.45, 7) is 13.4. The molecule has 0 radical (unpaired) electrons. The van der Waals surface area contributed by atoms with Crippen molar-refractivity contribution in [2.24, 2.45) is 17.8 Å². The molecule has 2 unspecified atom stereocenters. The molecule has 3 atom stereocenters. The van der Waals surface area contributed by atoms with Crippen LogP contribution in [0.1, 0.15) is 73.3 Å². The van der Waals surface area contributed by atoms with Gasteiger partial charge in [-0.3, -0.25) is 14.4 Å². The highest BCUT2D eigenvalue weighted by atomic mass is 16.7. The van der Waals surface area contributed by atoms with E-state index >= 15 is 0 Å². The highest BCUT2D eigenvalue weighted by Gasteiger charge is 2.22. The first-order valence-electron chi connectivity index (χ1n) is 13.1. The van der Waals surface area contributed by atoms with E-state index in [9.17, 15) is 24.3 Å². The molecule has 1 rings (SSSR count). The summed E-state index contributed by atoms with van der Waals surface area (Å²) < 4.78 is 21.1. The summed E-state index contributed by atoms with van der Waals surface area (Å²) in [6.07, 6.45) is -0.170. The fraction of sp³-hybridized carbons (Fsp3) is 0.643. The fourth-order valence-electron chi connectivity index (χ4n) is 3.20. The second-order valence-corrected chi connectivity index (χ2v) is 10.4. The third kappa shape index (κ3) is 13.4. The molecular formula is C28H43NO9. The van der Waals surface area contributed by atoms with Crippen molar-refractivity contribution in [2.75, 3.05) is 13.2 Å². The molecule has 0 aliphatic rings. The minimum absolute atomic E-state index is 0.0372. The van der Waals surface area contributed by atoms with Gasteiger partial charge in [0.05, 0.1) is 6.61 Å². The van der Waals surface area contributed by atoms with Gasteiger partial charge >= 0.3 is 24.1 Å². The highest BCUT2D eigenvalue weighted by Crippen LogP contribution is 2.30. The van der Waals surface area contributed by atoms with E-state index in [0.29, 0.717) is 5.56 Å². The van der Waals surface area contributed by atoms with Crippen LogP contribution in [0.15, 0.2) is 18.2 Å². The maximum atomic E-state index is 12.3. The zero-order chi connectivity index (χ0) is 28.8. The van der Waals surface area contributed by atoms with E-state index in [0.717, 1.165) is 6.42 Å². The molecular weight excluding hydrogens is 494 g/mol. The molecule has 0 saturated carbocycles. The van der Waals surface area contributed by atoms with Crippen LogP contribution in [0.4, 0.5) is 4.79 Å². The average molecular weight is 538 g/mol. The fourth-order valence-corrected chi connectivity index (χ4v) is 3.20. The standard InChI is InChI=1S/C28H43NO9/c1-8-19(6)16-35-28(34)36-20(7)15-29-22(27(32)33)13-21-9-10-23(37-25(30)11-17(2)3)24(14-21)38-26(31)12-18(4)5/h9-10,14,17-20,22,29H,8,11-13,15-16H2,1-7H3,(H,32,33)/t19?,20?,22-/m0/s1. The van der Waals surface area contributed by atoms with Crippen molar-refractivity contribution in [3.05, 3.63) is 23.8 Å². The number of aliphatic carboxylic acids is 1. The molecule has 0 heterocycles. The van der Waals surface area contributed by atoms with Gasteiger partial charge in [-0.2, -0.15) is 0 Å². The number of carboxylic acid groups (broad SMARTS) is 1. The molecule has 0 aromatic heterocycles. The van der Waals surface area contributed by atoms with Crippen molar-refractivity contribution in [1.82, 2.24) is 5.32 Å². The first-order valence-corrected chi connectivity index (χ1v) is 13.1. The Bertz CT molecular complexity index is 929. The molecule has 10 heteroatoms. The van der Waals surface area contributed by atoms with E-state index in [1.807, 2.05) is 41.5 Å². The normalized spacial score (nSPS) is 13.5. The third-order valence-electron chi connectivity index (χ3n) is 5.48. The summed E-state index contributed by atoms with van der Waals surface area (Å²) >= 11 is 0. The summed E-state index contributed by atoms with van der Waals surface area (Å²) in [6, 6.07) is 3.58. The highest BCUT2D eigenvalue weighted by molar-refractivity contribution is 5.77. The number of esters is 2. The van der Waals surface area contributed by atoms with E-state index in [2.05, 4.69) is 5.32 Å². The lowest BCUT2D eigenvalue weighted by Gasteiger charge is -2.19. The van der Waals surface area contributed by atoms with Gasteiger partial charge < -0.3 is 29.4 Å². The molecule has 0 spiro atoms. The van der Waals surface area contributed by atoms with Gasteiger partial charge in [-0.25, -0.2) is 4.79 Å². The van der Waals surface area contributed by atoms with Crippen molar-refractivity contribution < 1.29 is 43.2 Å². The third-order valence-corrected chi connectivity index (χ3v) is 5.48. The molecule has 0 aliphatic carbocycles. The topological polar surface area (TPSA) is 137 Å². The van der Waals surface area contributed by atoms with Gasteiger partial charge in [0.15, 0.2) is 11.5 Å². The maximum absolute atomic E-state index is 12.3. The van der Waals surface area contributed by atoms with Crippen LogP contribution in [0.3, 0.4) is 0 Å². The molecule has 214 valence electrons. The predicted molar refractivity (Wildman–Crippen MR) is 141 cm³/mol. The quantitative estimate of drug-likeness (QED) is 0.224. The van der Waals surface area contributed by atoms with E-state index < -0.39 is 36.2 Å². The summed E-state index contributed by atoms with van der Waals surface area (Å²) in [5, 5.41) is 12.6. The summed E-state index contributed by atoms with van der Waals surface area (Å²) in [4.78, 5) is 48.3. The van der Waals surface area contributed by atoms with E-state index in [1.165, 1.54) is 12.1 Å². The lowest BCUT2D eigenvalue weighted by molar-refractivity contribution is -0.139. The number of carbonyl (C=O) groups is 4. The van der Waals surface area contributed by atoms with E-state index in [4.69, 9.17) is 18.9 Å². The van der Waals surface area contributed by atoms with Gasteiger partial charge in [-0.05, 0) is 48.8 Å². The summed E-state index contributed by atoms with van der Waals surface area (Å²) in [7, 11) is 0. The lowest BCUT2D eigenvalue weighted by atomic mass is 10.0. The molecule has 0 saturated heterocycles. The van der Waals surface area contributed by atoms with E-state index in [1.54, 1.807) is 13.0 Å². The largest absolute Gasteiger partial charge is 0.508 e. The number of carbonyl (C=O) groups excluding carboxylic acids is 3. The predicted octanol–water partition coefficient (Wildman–Crippen LogP) is 4.76. The second kappa shape index (κ2) is 16.7. The smallest absolute Gasteiger partial charge is 0.480 e. The van der Waals surface area contributed by atoms with Crippen LogP contribution in [0.25, 0.3) is 0 Å². The van der Waals surface area contributed by atoms with Gasteiger partial charge in [-0.15, -0.1) is 0 Å². The van der Waals surface area contributed by atoms with E-state index in [-0.39, 0.29) is 61.7 Å². The van der Waals surface area contributed by atoms with Gasteiger partial charge in [0.1, 0.15) is 12.1 Å². The monoisotopic (exact) mass is 537 g/mol. The van der Waals surface area contributed by atoms with Crippen molar-refractivity contribution in [1.29, 1.82) is 0 Å². The van der Waals surface area contributed by atoms with Crippen LogP contribution in [-0.4, -0.2) is 54.5 Å². The van der Waals surface area contributed by atoms with Crippen LogP contribution in [0.2, 0.25) is 0 Å². The van der Waals surface area contributed by atoms with Gasteiger partial charge in [0.2, 0.25) is 0 Å². The first kappa shape index (κ1) is 32.9. The second-order valence-electron chi connectivity index (χ2n) is 10.4. The van der Waals surface area contributed by atoms with Crippen molar-refractivity contribution in [3.8, 4) is 11.5 Å². The first-order chi connectivity index (χ1) is 17.8. The molecule has 0 amide bonds. The number of nitrogens with one attached hydrogen (secondary N) is 1.